The molecule has 0 aliphatic heterocycles. The molecule has 0 heterocycles. The molecular weight excluding hydrogens is 490 g/mol. The van der Waals surface area contributed by atoms with Crippen molar-refractivity contribution in [1.29, 1.82) is 0 Å². The lowest BCUT2D eigenvalue weighted by molar-refractivity contribution is -0.384. The van der Waals surface area contributed by atoms with Gasteiger partial charge in [0.25, 0.3) is 21.6 Å². The van der Waals surface area contributed by atoms with E-state index in [0.717, 1.165) is 11.5 Å². The molecule has 0 saturated carbocycles. The molecule has 11 nitrogen and oxygen atoms in total. The predicted octanol–water partition coefficient (Wildman–Crippen LogP) is 3.81. The second-order valence-electron chi connectivity index (χ2n) is 7.21. The Morgan fingerprint density at radius 3 is 2.47 bits per heavy atom. The monoisotopic (exact) mass is 511 g/mol. The zero-order valence-corrected chi connectivity index (χ0v) is 19.7. The third kappa shape index (κ3) is 7.40. The molecule has 0 unspecified atom stereocenters. The average Bonchev–Trinajstić information content (AvgIpc) is 2.86. The van der Waals surface area contributed by atoms with Crippen LogP contribution in [0.2, 0.25) is 0 Å². The van der Waals surface area contributed by atoms with Gasteiger partial charge in [-0.1, -0.05) is 36.4 Å². The van der Waals surface area contributed by atoms with Crippen LogP contribution in [0, 0.1) is 10.1 Å². The Balaban J connectivity index is 1.60. The van der Waals surface area contributed by atoms with Crippen molar-refractivity contribution in [2.45, 2.75) is 0 Å². The molecule has 3 rings (SSSR count). The number of nitrogens with one attached hydrogen (secondary N) is 2. The van der Waals surface area contributed by atoms with Crippen molar-refractivity contribution >= 4 is 45.0 Å². The van der Waals surface area contributed by atoms with Gasteiger partial charge in [0.1, 0.15) is 11.4 Å². The van der Waals surface area contributed by atoms with Gasteiger partial charge in [-0.05, 0) is 42.0 Å². The molecule has 0 radical (unpaired) electrons. The number of ether oxygens (including phenoxy) is 2. The third-order valence-electron chi connectivity index (χ3n) is 4.61. The average molecular weight is 512 g/mol. The maximum atomic E-state index is 12.4. The Bertz CT molecular complexity index is 1410. The molecule has 0 aliphatic rings. The molecule has 0 bridgehead atoms. The standard InChI is InChI=1S/C24H21N3O8S/c1-34-20-10-11-21(22(15-20)27(30)31)25-23(28)16-35-24(29)18-8-5-9-19(14-18)26-36(32,33)13-12-17-6-3-2-4-7-17/h2-15,26H,16H2,1H3,(H,25,28). The summed E-state index contributed by atoms with van der Waals surface area (Å²) in [6.45, 7) is -0.724. The molecule has 0 atom stereocenters. The second-order valence-corrected chi connectivity index (χ2v) is 8.77. The van der Waals surface area contributed by atoms with Crippen LogP contribution in [-0.4, -0.2) is 38.9 Å². The normalized spacial score (nSPS) is 11.0. The second kappa shape index (κ2) is 11.6. The number of benzene rings is 3. The number of hydrogen-bond acceptors (Lipinski definition) is 8. The lowest BCUT2D eigenvalue weighted by Crippen LogP contribution is -2.21. The van der Waals surface area contributed by atoms with Gasteiger partial charge in [0.2, 0.25) is 0 Å². The summed E-state index contributed by atoms with van der Waals surface area (Å²) in [5.74, 6) is -1.47. The van der Waals surface area contributed by atoms with E-state index in [2.05, 4.69) is 10.0 Å². The lowest BCUT2D eigenvalue weighted by atomic mass is 10.2. The maximum Gasteiger partial charge on any atom is 0.338 e. The van der Waals surface area contributed by atoms with Crippen LogP contribution in [0.25, 0.3) is 6.08 Å². The first-order valence-electron chi connectivity index (χ1n) is 10.3. The topological polar surface area (TPSA) is 154 Å². The fourth-order valence-corrected chi connectivity index (χ4v) is 3.80. The molecule has 1 amide bonds. The van der Waals surface area contributed by atoms with Crippen molar-refractivity contribution in [2.24, 2.45) is 0 Å². The molecule has 0 aromatic heterocycles. The van der Waals surface area contributed by atoms with Gasteiger partial charge in [0.05, 0.1) is 29.1 Å². The summed E-state index contributed by atoms with van der Waals surface area (Å²) >= 11 is 0. The van der Waals surface area contributed by atoms with Gasteiger partial charge in [-0.2, -0.15) is 0 Å². The molecule has 0 saturated heterocycles. The zero-order chi connectivity index (χ0) is 26.1. The van der Waals surface area contributed by atoms with E-state index in [-0.39, 0.29) is 22.7 Å². The molecule has 3 aromatic carbocycles. The van der Waals surface area contributed by atoms with Gasteiger partial charge in [0, 0.05) is 5.69 Å². The van der Waals surface area contributed by atoms with Gasteiger partial charge in [-0.15, -0.1) is 0 Å². The van der Waals surface area contributed by atoms with E-state index >= 15 is 0 Å². The molecule has 0 spiro atoms. The van der Waals surface area contributed by atoms with Gasteiger partial charge >= 0.3 is 5.97 Å². The smallest absolute Gasteiger partial charge is 0.338 e. The number of sulfonamides is 1. The fraction of sp³-hybridized carbons (Fsp3) is 0.0833. The van der Waals surface area contributed by atoms with E-state index in [4.69, 9.17) is 9.47 Å². The van der Waals surface area contributed by atoms with E-state index < -0.39 is 39.1 Å². The molecular formula is C24H21N3O8S. The van der Waals surface area contributed by atoms with Gasteiger partial charge in [0.15, 0.2) is 6.61 Å². The summed E-state index contributed by atoms with van der Waals surface area (Å²) in [5.41, 5.74) is 0.307. The molecule has 0 fully saturated rings. The van der Waals surface area contributed by atoms with E-state index in [1.165, 1.54) is 49.6 Å². The van der Waals surface area contributed by atoms with Crippen molar-refractivity contribution in [2.75, 3.05) is 23.8 Å². The van der Waals surface area contributed by atoms with Crippen molar-refractivity contribution in [1.82, 2.24) is 0 Å². The molecule has 3 aromatic rings. The summed E-state index contributed by atoms with van der Waals surface area (Å²) < 4.78 is 36.9. The highest BCUT2D eigenvalue weighted by molar-refractivity contribution is 7.95. The highest BCUT2D eigenvalue weighted by Gasteiger charge is 2.18. The first-order chi connectivity index (χ1) is 17.2. The Kier molecular flexibility index (Phi) is 8.36. The summed E-state index contributed by atoms with van der Waals surface area (Å²) in [6.07, 6.45) is 1.42. The lowest BCUT2D eigenvalue weighted by Gasteiger charge is -2.09. The van der Waals surface area contributed by atoms with Crippen LogP contribution in [0.3, 0.4) is 0 Å². The van der Waals surface area contributed by atoms with Crippen LogP contribution in [0.1, 0.15) is 15.9 Å². The number of hydrogen-bond donors (Lipinski definition) is 2. The highest BCUT2D eigenvalue weighted by Crippen LogP contribution is 2.28. The van der Waals surface area contributed by atoms with Crippen LogP contribution in [0.5, 0.6) is 5.75 Å². The molecule has 186 valence electrons. The highest BCUT2D eigenvalue weighted by atomic mass is 32.2. The first kappa shape index (κ1) is 25.9. The Morgan fingerprint density at radius 1 is 1.03 bits per heavy atom. The number of carbonyl (C=O) groups excluding carboxylic acids is 2. The van der Waals surface area contributed by atoms with Crippen LogP contribution >= 0.6 is 0 Å². The minimum atomic E-state index is -3.86. The number of amides is 1. The van der Waals surface area contributed by atoms with Crippen molar-refractivity contribution < 1.29 is 32.4 Å². The fourth-order valence-electron chi connectivity index (χ4n) is 2.94. The number of anilines is 2. The molecule has 36 heavy (non-hydrogen) atoms. The largest absolute Gasteiger partial charge is 0.496 e. The minimum absolute atomic E-state index is 0.00883. The minimum Gasteiger partial charge on any atom is -0.496 e. The summed E-state index contributed by atoms with van der Waals surface area (Å²) in [5, 5.41) is 14.5. The number of rotatable bonds is 10. The summed E-state index contributed by atoms with van der Waals surface area (Å²) in [7, 11) is -2.52. The number of esters is 1. The Morgan fingerprint density at radius 2 is 1.78 bits per heavy atom. The quantitative estimate of drug-likeness (QED) is 0.237. The van der Waals surface area contributed by atoms with E-state index in [9.17, 15) is 28.1 Å². The maximum absolute atomic E-state index is 12.4. The SMILES string of the molecule is COc1ccc(NC(=O)COC(=O)c2cccc(NS(=O)(=O)C=Cc3ccccc3)c2)c([N+](=O)[O-])c1. The van der Waals surface area contributed by atoms with Gasteiger partial charge in [-0.3, -0.25) is 19.6 Å². The van der Waals surface area contributed by atoms with E-state index in [1.807, 2.05) is 0 Å². The predicted molar refractivity (Wildman–Crippen MR) is 133 cm³/mol. The van der Waals surface area contributed by atoms with Crippen LogP contribution < -0.4 is 14.8 Å². The molecule has 2 N–H and O–H groups in total. The zero-order valence-electron chi connectivity index (χ0n) is 18.9. The number of methoxy groups -OCH3 is 1. The first-order valence-corrected chi connectivity index (χ1v) is 11.9. The van der Waals surface area contributed by atoms with Crippen molar-refractivity contribution in [3.8, 4) is 5.75 Å². The van der Waals surface area contributed by atoms with E-state index in [1.54, 1.807) is 30.3 Å². The van der Waals surface area contributed by atoms with Crippen LogP contribution in [0.15, 0.2) is 78.2 Å². The summed E-state index contributed by atoms with van der Waals surface area (Å²) in [6, 6.07) is 18.2. The summed E-state index contributed by atoms with van der Waals surface area (Å²) in [4.78, 5) is 35.1. The van der Waals surface area contributed by atoms with Crippen LogP contribution in [-0.2, 0) is 19.6 Å². The Labute approximate surface area is 206 Å². The molecule has 0 aliphatic carbocycles. The van der Waals surface area contributed by atoms with Crippen molar-refractivity contribution in [3.63, 3.8) is 0 Å². The van der Waals surface area contributed by atoms with Crippen molar-refractivity contribution in [3.05, 3.63) is 99.4 Å². The van der Waals surface area contributed by atoms with Gasteiger partial charge in [-0.25, -0.2) is 13.2 Å². The third-order valence-corrected chi connectivity index (χ3v) is 5.62. The van der Waals surface area contributed by atoms with Gasteiger partial charge < -0.3 is 14.8 Å². The number of nitrogens with zero attached hydrogens (tertiary/aromatic N) is 1. The van der Waals surface area contributed by atoms with Crippen LogP contribution in [0.4, 0.5) is 17.1 Å². The number of nitro groups is 1. The Hall–Kier alpha value is -4.71. The number of nitro benzene ring substituents is 1. The molecule has 12 heteroatoms. The van der Waals surface area contributed by atoms with E-state index in [0.29, 0.717) is 5.56 Å². The number of carbonyl (C=O) groups is 2.